The molecule has 2 aromatic rings. The van der Waals surface area contributed by atoms with Crippen LogP contribution in [0.1, 0.15) is 24.8 Å². The zero-order chi connectivity index (χ0) is 20.9. The highest BCUT2D eigenvalue weighted by atomic mass is 35.5. The summed E-state index contributed by atoms with van der Waals surface area (Å²) in [4.78, 5) is 12.3. The Kier molecular flexibility index (Phi) is 6.95. The monoisotopic (exact) mass is 434 g/mol. The molecule has 6 nitrogen and oxygen atoms in total. The van der Waals surface area contributed by atoms with Gasteiger partial charge in [0, 0.05) is 29.9 Å². The van der Waals surface area contributed by atoms with Crippen LogP contribution < -0.4 is 10.1 Å². The van der Waals surface area contributed by atoms with Crippen molar-refractivity contribution in [2.45, 2.75) is 24.2 Å². The number of ether oxygens (including phenoxy) is 1. The van der Waals surface area contributed by atoms with Crippen molar-refractivity contribution in [3.63, 3.8) is 0 Å². The Morgan fingerprint density at radius 3 is 2.59 bits per heavy atom. The number of rotatable bonds is 6. The second-order valence-electron chi connectivity index (χ2n) is 6.71. The summed E-state index contributed by atoms with van der Waals surface area (Å²) in [5, 5.41) is 3.23. The van der Waals surface area contributed by atoms with Gasteiger partial charge >= 0.3 is 0 Å². The first kappa shape index (κ1) is 21.4. The number of sulfonamides is 1. The van der Waals surface area contributed by atoms with Crippen molar-refractivity contribution < 1.29 is 17.9 Å². The number of methoxy groups -OCH3 is 1. The molecule has 1 aliphatic heterocycles. The fourth-order valence-electron chi connectivity index (χ4n) is 3.16. The number of piperidine rings is 1. The zero-order valence-corrected chi connectivity index (χ0v) is 17.7. The lowest BCUT2D eigenvalue weighted by Gasteiger charge is -2.26. The Labute approximate surface area is 176 Å². The highest BCUT2D eigenvalue weighted by molar-refractivity contribution is 7.89. The van der Waals surface area contributed by atoms with Gasteiger partial charge in [-0.2, -0.15) is 4.31 Å². The smallest absolute Gasteiger partial charge is 0.248 e. The molecule has 8 heteroatoms. The molecule has 0 aromatic heterocycles. The van der Waals surface area contributed by atoms with E-state index in [9.17, 15) is 13.2 Å². The van der Waals surface area contributed by atoms with E-state index in [2.05, 4.69) is 5.32 Å². The molecule has 1 saturated heterocycles. The van der Waals surface area contributed by atoms with Crippen LogP contribution in [0.15, 0.2) is 53.4 Å². The molecule has 0 radical (unpaired) electrons. The van der Waals surface area contributed by atoms with Crippen molar-refractivity contribution in [3.05, 3.63) is 59.1 Å². The first-order chi connectivity index (χ1) is 13.9. The zero-order valence-electron chi connectivity index (χ0n) is 16.1. The minimum absolute atomic E-state index is 0.110. The number of anilines is 1. The Bertz CT molecular complexity index is 1020. The lowest BCUT2D eigenvalue weighted by atomic mass is 10.2. The van der Waals surface area contributed by atoms with Crippen LogP contribution in [0.4, 0.5) is 5.69 Å². The SMILES string of the molecule is COc1ccc(/C=C/C(=O)Nc2cccc(Cl)c2)cc1S(=O)(=O)N1CCCCC1. The Morgan fingerprint density at radius 2 is 1.90 bits per heavy atom. The first-order valence-electron chi connectivity index (χ1n) is 9.33. The average Bonchev–Trinajstić information content (AvgIpc) is 2.72. The third-order valence-electron chi connectivity index (χ3n) is 4.64. The van der Waals surface area contributed by atoms with Crippen LogP contribution in [0.2, 0.25) is 5.02 Å². The van der Waals surface area contributed by atoms with Crippen LogP contribution in [-0.4, -0.2) is 38.8 Å². The highest BCUT2D eigenvalue weighted by Gasteiger charge is 2.28. The summed E-state index contributed by atoms with van der Waals surface area (Å²) in [5.41, 5.74) is 1.16. The largest absolute Gasteiger partial charge is 0.495 e. The summed E-state index contributed by atoms with van der Waals surface area (Å²) >= 11 is 5.91. The first-order valence-corrected chi connectivity index (χ1v) is 11.1. The molecule has 1 N–H and O–H groups in total. The van der Waals surface area contributed by atoms with E-state index in [0.717, 1.165) is 19.3 Å². The quantitative estimate of drug-likeness (QED) is 0.692. The lowest BCUT2D eigenvalue weighted by Crippen LogP contribution is -2.35. The van der Waals surface area contributed by atoms with E-state index in [1.165, 1.54) is 23.6 Å². The molecule has 1 amide bonds. The average molecular weight is 435 g/mol. The van der Waals surface area contributed by atoms with Gasteiger partial charge in [0.15, 0.2) is 0 Å². The lowest BCUT2D eigenvalue weighted by molar-refractivity contribution is -0.111. The summed E-state index contributed by atoms with van der Waals surface area (Å²) in [7, 11) is -2.22. The molecule has 29 heavy (non-hydrogen) atoms. The fourth-order valence-corrected chi connectivity index (χ4v) is 5.06. The molecule has 3 rings (SSSR count). The van der Waals surface area contributed by atoms with Gasteiger partial charge in [0.1, 0.15) is 10.6 Å². The third-order valence-corrected chi connectivity index (χ3v) is 6.79. The van der Waals surface area contributed by atoms with Crippen LogP contribution in [0, 0.1) is 0 Å². The molecular formula is C21H23ClN2O4S. The maximum atomic E-state index is 13.1. The molecule has 0 unspecified atom stereocenters. The van der Waals surface area contributed by atoms with Gasteiger partial charge in [0.2, 0.25) is 15.9 Å². The predicted octanol–water partition coefficient (Wildman–Crippen LogP) is 4.18. The minimum Gasteiger partial charge on any atom is -0.495 e. The van der Waals surface area contributed by atoms with Crippen molar-refractivity contribution in [1.82, 2.24) is 4.31 Å². The van der Waals surface area contributed by atoms with Gasteiger partial charge in [0.25, 0.3) is 0 Å². The summed E-state index contributed by atoms with van der Waals surface area (Å²) in [6.45, 7) is 1.02. The minimum atomic E-state index is -3.66. The van der Waals surface area contributed by atoms with Crippen molar-refractivity contribution in [1.29, 1.82) is 0 Å². The van der Waals surface area contributed by atoms with Crippen LogP contribution in [0.25, 0.3) is 6.08 Å². The Morgan fingerprint density at radius 1 is 1.14 bits per heavy atom. The molecule has 1 fully saturated rings. The van der Waals surface area contributed by atoms with E-state index < -0.39 is 10.0 Å². The summed E-state index contributed by atoms with van der Waals surface area (Å²) in [6.07, 6.45) is 5.65. The number of benzene rings is 2. The molecule has 1 aliphatic rings. The molecule has 1 heterocycles. The van der Waals surface area contributed by atoms with E-state index in [1.54, 1.807) is 42.5 Å². The summed E-state index contributed by atoms with van der Waals surface area (Å²) in [5.74, 6) is -0.0559. The molecule has 2 aromatic carbocycles. The van der Waals surface area contributed by atoms with E-state index in [4.69, 9.17) is 16.3 Å². The number of nitrogens with zero attached hydrogens (tertiary/aromatic N) is 1. The molecule has 0 bridgehead atoms. The van der Waals surface area contributed by atoms with E-state index >= 15 is 0 Å². The van der Waals surface area contributed by atoms with Gasteiger partial charge in [-0.25, -0.2) is 8.42 Å². The molecule has 0 saturated carbocycles. The number of amides is 1. The topological polar surface area (TPSA) is 75.7 Å². The third kappa shape index (κ3) is 5.38. The van der Waals surface area contributed by atoms with Gasteiger partial charge in [-0.1, -0.05) is 30.2 Å². The number of carbonyl (C=O) groups is 1. The second kappa shape index (κ2) is 9.43. The maximum absolute atomic E-state index is 13.1. The molecular weight excluding hydrogens is 412 g/mol. The number of hydrogen-bond donors (Lipinski definition) is 1. The van der Waals surface area contributed by atoms with Crippen LogP contribution >= 0.6 is 11.6 Å². The number of nitrogens with one attached hydrogen (secondary N) is 1. The number of halogens is 1. The summed E-state index contributed by atoms with van der Waals surface area (Å²) < 4.78 is 32.9. The molecule has 0 aliphatic carbocycles. The van der Waals surface area contributed by atoms with Crippen molar-refractivity contribution >= 4 is 39.3 Å². The van der Waals surface area contributed by atoms with E-state index in [0.29, 0.717) is 29.4 Å². The fraction of sp³-hybridized carbons (Fsp3) is 0.286. The van der Waals surface area contributed by atoms with Gasteiger partial charge in [-0.15, -0.1) is 0 Å². The highest BCUT2D eigenvalue weighted by Crippen LogP contribution is 2.30. The predicted molar refractivity (Wildman–Crippen MR) is 115 cm³/mol. The van der Waals surface area contributed by atoms with Gasteiger partial charge in [0.05, 0.1) is 7.11 Å². The van der Waals surface area contributed by atoms with E-state index in [1.807, 2.05) is 0 Å². The standard InChI is InChI=1S/C21H23ClN2O4S/c1-28-19-10-8-16(9-11-21(25)23-18-7-5-6-17(22)15-18)14-20(19)29(26,27)24-12-3-2-4-13-24/h5-11,14-15H,2-4,12-13H2,1H3,(H,23,25)/b11-9+. The summed E-state index contributed by atoms with van der Waals surface area (Å²) in [6, 6.07) is 11.7. The van der Waals surface area contributed by atoms with Crippen molar-refractivity contribution in [2.75, 3.05) is 25.5 Å². The molecule has 0 spiro atoms. The van der Waals surface area contributed by atoms with Crippen molar-refractivity contribution in [3.8, 4) is 5.75 Å². The number of carbonyl (C=O) groups excluding carboxylic acids is 1. The number of hydrogen-bond acceptors (Lipinski definition) is 4. The van der Waals surface area contributed by atoms with E-state index in [-0.39, 0.29) is 16.6 Å². The van der Waals surface area contributed by atoms with Gasteiger partial charge in [-0.05, 0) is 54.8 Å². The molecule has 154 valence electrons. The second-order valence-corrected chi connectivity index (χ2v) is 9.05. The van der Waals surface area contributed by atoms with Crippen LogP contribution in [-0.2, 0) is 14.8 Å². The van der Waals surface area contributed by atoms with Crippen LogP contribution in [0.3, 0.4) is 0 Å². The maximum Gasteiger partial charge on any atom is 0.248 e. The van der Waals surface area contributed by atoms with Crippen molar-refractivity contribution in [2.24, 2.45) is 0 Å². The Balaban J connectivity index is 1.80. The van der Waals surface area contributed by atoms with Gasteiger partial charge < -0.3 is 10.1 Å². The Hall–Kier alpha value is -2.35. The van der Waals surface area contributed by atoms with Crippen LogP contribution in [0.5, 0.6) is 5.75 Å². The van der Waals surface area contributed by atoms with Gasteiger partial charge in [-0.3, -0.25) is 4.79 Å². The normalized spacial score (nSPS) is 15.4. The molecule has 0 atom stereocenters.